The van der Waals surface area contributed by atoms with Crippen LogP contribution in [0.4, 0.5) is 0 Å². The van der Waals surface area contributed by atoms with Crippen molar-refractivity contribution in [2.75, 3.05) is 19.6 Å². The molecule has 2 rings (SSSR count). The summed E-state index contributed by atoms with van der Waals surface area (Å²) in [6, 6.07) is 17.0. The SMILES string of the molecule is NC(=NCCc1ccccc1)NCCNC(=O)c1ccccc1Cl. The van der Waals surface area contributed by atoms with Gasteiger partial charge in [-0.15, -0.1) is 0 Å². The molecule has 5 nitrogen and oxygen atoms in total. The quantitative estimate of drug-likeness (QED) is 0.409. The van der Waals surface area contributed by atoms with Crippen LogP contribution in [0.3, 0.4) is 0 Å². The summed E-state index contributed by atoms with van der Waals surface area (Å²) in [5.41, 5.74) is 7.48. The second-order valence-electron chi connectivity index (χ2n) is 5.17. The summed E-state index contributed by atoms with van der Waals surface area (Å²) in [7, 11) is 0. The molecule has 0 atom stereocenters. The Bertz CT molecular complexity index is 688. The fraction of sp³-hybridized carbons (Fsp3) is 0.222. The number of guanidine groups is 1. The molecule has 0 bridgehead atoms. The molecule has 0 aliphatic heterocycles. The number of aliphatic imine (C=N–C) groups is 1. The number of benzene rings is 2. The van der Waals surface area contributed by atoms with Gasteiger partial charge < -0.3 is 16.4 Å². The van der Waals surface area contributed by atoms with Crippen molar-refractivity contribution >= 4 is 23.5 Å². The third kappa shape index (κ3) is 5.93. The van der Waals surface area contributed by atoms with Gasteiger partial charge in [-0.25, -0.2) is 0 Å². The summed E-state index contributed by atoms with van der Waals surface area (Å²) in [6.07, 6.45) is 0.840. The Kier molecular flexibility index (Phi) is 7.11. The molecule has 126 valence electrons. The van der Waals surface area contributed by atoms with Crippen molar-refractivity contribution in [3.8, 4) is 0 Å². The van der Waals surface area contributed by atoms with Gasteiger partial charge in [0.1, 0.15) is 0 Å². The smallest absolute Gasteiger partial charge is 0.252 e. The van der Waals surface area contributed by atoms with Crippen molar-refractivity contribution in [3.05, 3.63) is 70.7 Å². The van der Waals surface area contributed by atoms with Crippen LogP contribution in [0.2, 0.25) is 5.02 Å². The molecule has 1 amide bonds. The van der Waals surface area contributed by atoms with Gasteiger partial charge in [-0.3, -0.25) is 9.79 Å². The first kappa shape index (κ1) is 17.8. The Morgan fingerprint density at radius 1 is 1.00 bits per heavy atom. The lowest BCUT2D eigenvalue weighted by molar-refractivity contribution is 0.0954. The van der Waals surface area contributed by atoms with Crippen molar-refractivity contribution < 1.29 is 4.79 Å². The first-order chi connectivity index (χ1) is 11.7. The second kappa shape index (κ2) is 9.57. The van der Waals surface area contributed by atoms with Gasteiger partial charge in [0.05, 0.1) is 10.6 Å². The summed E-state index contributed by atoms with van der Waals surface area (Å²) in [6.45, 7) is 1.55. The van der Waals surface area contributed by atoms with Crippen molar-refractivity contribution in [3.63, 3.8) is 0 Å². The van der Waals surface area contributed by atoms with Crippen molar-refractivity contribution in [2.45, 2.75) is 6.42 Å². The van der Waals surface area contributed by atoms with E-state index < -0.39 is 0 Å². The minimum absolute atomic E-state index is 0.206. The Balaban J connectivity index is 1.65. The highest BCUT2D eigenvalue weighted by atomic mass is 35.5. The van der Waals surface area contributed by atoms with Gasteiger partial charge in [-0.2, -0.15) is 0 Å². The number of nitrogens with one attached hydrogen (secondary N) is 2. The van der Waals surface area contributed by atoms with Crippen LogP contribution in [0.1, 0.15) is 15.9 Å². The van der Waals surface area contributed by atoms with Crippen LogP contribution in [-0.2, 0) is 6.42 Å². The third-order valence-electron chi connectivity index (χ3n) is 3.36. The lowest BCUT2D eigenvalue weighted by Gasteiger charge is -2.08. The predicted octanol–water partition coefficient (Wildman–Crippen LogP) is 2.22. The summed E-state index contributed by atoms with van der Waals surface area (Å²) in [5.74, 6) is 0.167. The Morgan fingerprint density at radius 3 is 2.42 bits per heavy atom. The van der Waals surface area contributed by atoms with Crippen LogP contribution in [0.15, 0.2) is 59.6 Å². The van der Waals surface area contributed by atoms with E-state index in [1.54, 1.807) is 24.3 Å². The zero-order chi connectivity index (χ0) is 17.2. The topological polar surface area (TPSA) is 79.5 Å². The first-order valence-electron chi connectivity index (χ1n) is 7.77. The monoisotopic (exact) mass is 344 g/mol. The minimum atomic E-state index is -0.206. The number of amides is 1. The van der Waals surface area contributed by atoms with E-state index in [1.807, 2.05) is 18.2 Å². The van der Waals surface area contributed by atoms with E-state index in [9.17, 15) is 4.79 Å². The molecular weight excluding hydrogens is 324 g/mol. The van der Waals surface area contributed by atoms with Gasteiger partial charge in [-0.1, -0.05) is 54.1 Å². The number of carbonyl (C=O) groups excluding carboxylic acids is 1. The Labute approximate surface area is 146 Å². The van der Waals surface area contributed by atoms with E-state index in [0.717, 1.165) is 6.42 Å². The highest BCUT2D eigenvalue weighted by Gasteiger charge is 2.08. The number of rotatable bonds is 7. The normalized spacial score (nSPS) is 11.1. The fourth-order valence-corrected chi connectivity index (χ4v) is 2.33. The molecule has 0 fully saturated rings. The molecule has 4 N–H and O–H groups in total. The van der Waals surface area contributed by atoms with Gasteiger partial charge in [0.15, 0.2) is 5.96 Å². The van der Waals surface area contributed by atoms with E-state index in [2.05, 4.69) is 27.8 Å². The average Bonchev–Trinajstić information content (AvgIpc) is 2.60. The standard InChI is InChI=1S/C18H21ClN4O/c19-16-9-5-4-8-15(16)17(24)21-12-13-23-18(20)22-11-10-14-6-2-1-3-7-14/h1-9H,10-13H2,(H,21,24)(H3,20,22,23). The Hall–Kier alpha value is -2.53. The van der Waals surface area contributed by atoms with Crippen LogP contribution in [0.5, 0.6) is 0 Å². The third-order valence-corrected chi connectivity index (χ3v) is 3.69. The van der Waals surface area contributed by atoms with Gasteiger partial charge in [0.2, 0.25) is 0 Å². The molecule has 6 heteroatoms. The van der Waals surface area contributed by atoms with Gasteiger partial charge >= 0.3 is 0 Å². The highest BCUT2D eigenvalue weighted by Crippen LogP contribution is 2.14. The number of hydrogen-bond donors (Lipinski definition) is 3. The second-order valence-corrected chi connectivity index (χ2v) is 5.57. The van der Waals surface area contributed by atoms with Gasteiger partial charge in [-0.05, 0) is 24.1 Å². The van der Waals surface area contributed by atoms with Crippen molar-refractivity contribution in [2.24, 2.45) is 10.7 Å². The lowest BCUT2D eigenvalue weighted by atomic mass is 10.2. The number of hydrogen-bond acceptors (Lipinski definition) is 2. The largest absolute Gasteiger partial charge is 0.370 e. The summed E-state index contributed by atoms with van der Waals surface area (Å²) >= 11 is 5.97. The predicted molar refractivity (Wildman–Crippen MR) is 98.4 cm³/mol. The molecule has 2 aromatic carbocycles. The van der Waals surface area contributed by atoms with E-state index in [0.29, 0.717) is 36.2 Å². The minimum Gasteiger partial charge on any atom is -0.370 e. The zero-order valence-electron chi connectivity index (χ0n) is 13.3. The van der Waals surface area contributed by atoms with Crippen LogP contribution < -0.4 is 16.4 Å². The number of carbonyl (C=O) groups is 1. The molecule has 2 aromatic rings. The van der Waals surface area contributed by atoms with Crippen LogP contribution >= 0.6 is 11.6 Å². The zero-order valence-corrected chi connectivity index (χ0v) is 14.1. The number of nitrogens with two attached hydrogens (primary N) is 1. The van der Waals surface area contributed by atoms with E-state index in [4.69, 9.17) is 17.3 Å². The summed E-state index contributed by atoms with van der Waals surface area (Å²) in [4.78, 5) is 16.2. The highest BCUT2D eigenvalue weighted by molar-refractivity contribution is 6.33. The average molecular weight is 345 g/mol. The van der Waals surface area contributed by atoms with Crippen molar-refractivity contribution in [1.29, 1.82) is 0 Å². The molecule has 0 heterocycles. The maximum Gasteiger partial charge on any atom is 0.252 e. The number of nitrogens with zero attached hydrogens (tertiary/aromatic N) is 1. The molecule has 0 aliphatic rings. The maximum atomic E-state index is 12.0. The molecular formula is C18H21ClN4O. The molecule has 0 radical (unpaired) electrons. The number of halogens is 1. The summed E-state index contributed by atoms with van der Waals surface area (Å²) < 4.78 is 0. The molecule has 0 saturated carbocycles. The molecule has 0 aliphatic carbocycles. The van der Waals surface area contributed by atoms with Crippen LogP contribution in [0.25, 0.3) is 0 Å². The van der Waals surface area contributed by atoms with Crippen LogP contribution in [-0.4, -0.2) is 31.5 Å². The van der Waals surface area contributed by atoms with Gasteiger partial charge in [0, 0.05) is 19.6 Å². The van der Waals surface area contributed by atoms with E-state index in [1.165, 1.54) is 5.56 Å². The molecule has 0 spiro atoms. The Morgan fingerprint density at radius 2 is 1.67 bits per heavy atom. The lowest BCUT2D eigenvalue weighted by Crippen LogP contribution is -2.38. The van der Waals surface area contributed by atoms with Gasteiger partial charge in [0.25, 0.3) is 5.91 Å². The molecule has 0 aromatic heterocycles. The van der Waals surface area contributed by atoms with Crippen LogP contribution in [0, 0.1) is 0 Å². The molecule has 0 saturated heterocycles. The van der Waals surface area contributed by atoms with E-state index >= 15 is 0 Å². The summed E-state index contributed by atoms with van der Waals surface area (Å²) in [5, 5.41) is 6.19. The fourth-order valence-electron chi connectivity index (χ4n) is 2.11. The maximum absolute atomic E-state index is 12.0. The van der Waals surface area contributed by atoms with Crippen molar-refractivity contribution in [1.82, 2.24) is 10.6 Å². The molecule has 24 heavy (non-hydrogen) atoms. The first-order valence-corrected chi connectivity index (χ1v) is 8.15. The molecule has 0 unspecified atom stereocenters. The van der Waals surface area contributed by atoms with E-state index in [-0.39, 0.29) is 5.91 Å².